The molecule has 5 nitrogen and oxygen atoms in total. The summed E-state index contributed by atoms with van der Waals surface area (Å²) in [5, 5.41) is 6.93. The van der Waals surface area contributed by atoms with E-state index in [0.717, 1.165) is 31.4 Å². The van der Waals surface area contributed by atoms with Gasteiger partial charge in [-0.2, -0.15) is 5.10 Å². The zero-order valence-electron chi connectivity index (χ0n) is 13.1. The fourth-order valence-corrected chi connectivity index (χ4v) is 3.90. The molecular weight excluding hydrogens is 295 g/mol. The fourth-order valence-electron chi connectivity index (χ4n) is 3.90. The standard InChI is InChI=1S/C17H19FN4O/c1-10-7-13(14(18)9-19-10)15-8-16(21-20-15)17(23)22-11-3-2-4-12(22)6-5-11/h7-9,11-12H,2-6H2,1H3,(H,20,21)/t11-,12?/m1/s1. The minimum absolute atomic E-state index is 0.0362. The Balaban J connectivity index is 1.63. The Hall–Kier alpha value is -2.24. The van der Waals surface area contributed by atoms with Crippen LogP contribution in [0, 0.1) is 12.7 Å². The van der Waals surface area contributed by atoms with Crippen LogP contribution in [0.15, 0.2) is 18.3 Å². The summed E-state index contributed by atoms with van der Waals surface area (Å²) in [4.78, 5) is 18.7. The second-order valence-corrected chi connectivity index (χ2v) is 6.50. The van der Waals surface area contributed by atoms with E-state index in [4.69, 9.17) is 0 Å². The fraction of sp³-hybridized carbons (Fsp3) is 0.471. The van der Waals surface area contributed by atoms with Gasteiger partial charge in [0.2, 0.25) is 0 Å². The van der Waals surface area contributed by atoms with Crippen molar-refractivity contribution in [3.8, 4) is 11.3 Å². The average Bonchev–Trinajstić information content (AvgIpc) is 3.12. The number of nitrogens with one attached hydrogen (secondary N) is 1. The summed E-state index contributed by atoms with van der Waals surface area (Å²) in [7, 11) is 0. The van der Waals surface area contributed by atoms with Crippen LogP contribution in [0.1, 0.15) is 48.3 Å². The van der Waals surface area contributed by atoms with E-state index in [9.17, 15) is 9.18 Å². The van der Waals surface area contributed by atoms with Crippen molar-refractivity contribution < 1.29 is 9.18 Å². The van der Waals surface area contributed by atoms with Crippen LogP contribution in [-0.2, 0) is 0 Å². The first-order chi connectivity index (χ1) is 11.1. The average molecular weight is 314 g/mol. The zero-order chi connectivity index (χ0) is 16.0. The third-order valence-corrected chi connectivity index (χ3v) is 5.01. The van der Waals surface area contributed by atoms with Crippen LogP contribution in [-0.4, -0.2) is 38.1 Å². The van der Waals surface area contributed by atoms with Gasteiger partial charge in [-0.1, -0.05) is 0 Å². The van der Waals surface area contributed by atoms with E-state index in [1.54, 1.807) is 19.1 Å². The van der Waals surface area contributed by atoms with Gasteiger partial charge in [0.25, 0.3) is 5.91 Å². The van der Waals surface area contributed by atoms with Crippen LogP contribution < -0.4 is 0 Å². The van der Waals surface area contributed by atoms with Crippen molar-refractivity contribution in [2.75, 3.05) is 0 Å². The number of aryl methyl sites for hydroxylation is 1. The molecule has 2 saturated heterocycles. The quantitative estimate of drug-likeness (QED) is 0.926. The predicted molar refractivity (Wildman–Crippen MR) is 83.3 cm³/mol. The molecule has 4 heterocycles. The largest absolute Gasteiger partial charge is 0.331 e. The van der Waals surface area contributed by atoms with E-state index in [1.807, 2.05) is 4.90 Å². The lowest BCUT2D eigenvalue weighted by atomic mass is 10.0. The molecule has 120 valence electrons. The van der Waals surface area contributed by atoms with Crippen molar-refractivity contribution in [1.82, 2.24) is 20.1 Å². The Kier molecular flexibility index (Phi) is 3.39. The number of fused-ring (bicyclic) bond motifs is 2. The molecule has 1 amide bonds. The number of rotatable bonds is 2. The monoisotopic (exact) mass is 314 g/mol. The topological polar surface area (TPSA) is 61.9 Å². The highest BCUT2D eigenvalue weighted by atomic mass is 19.1. The Morgan fingerprint density at radius 2 is 2.00 bits per heavy atom. The highest BCUT2D eigenvalue weighted by Crippen LogP contribution is 2.36. The van der Waals surface area contributed by atoms with Crippen LogP contribution >= 0.6 is 0 Å². The second kappa shape index (κ2) is 5.44. The molecule has 0 saturated carbocycles. The van der Waals surface area contributed by atoms with Crippen LogP contribution in [0.4, 0.5) is 4.39 Å². The Labute approximate surface area is 133 Å². The predicted octanol–water partition coefficient (Wildman–Crippen LogP) is 3.08. The van der Waals surface area contributed by atoms with Crippen molar-refractivity contribution in [2.24, 2.45) is 0 Å². The Bertz CT molecular complexity index is 741. The lowest BCUT2D eigenvalue weighted by molar-refractivity contribution is 0.0589. The van der Waals surface area contributed by atoms with Gasteiger partial charge in [0, 0.05) is 23.3 Å². The third kappa shape index (κ3) is 2.42. The number of nitrogens with zero attached hydrogens (tertiary/aromatic N) is 3. The molecule has 2 aliphatic rings. The summed E-state index contributed by atoms with van der Waals surface area (Å²) in [6.45, 7) is 1.80. The number of H-pyrrole nitrogens is 1. The molecule has 2 atom stereocenters. The van der Waals surface area contributed by atoms with E-state index in [-0.39, 0.29) is 5.91 Å². The summed E-state index contributed by atoms with van der Waals surface area (Å²) in [5.41, 5.74) is 2.00. The summed E-state index contributed by atoms with van der Waals surface area (Å²) in [6, 6.07) is 4.00. The van der Waals surface area contributed by atoms with Crippen molar-refractivity contribution in [3.05, 3.63) is 35.5 Å². The van der Waals surface area contributed by atoms with Crippen molar-refractivity contribution in [3.63, 3.8) is 0 Å². The molecule has 0 radical (unpaired) electrons. The first-order valence-electron chi connectivity index (χ1n) is 8.14. The molecule has 4 rings (SSSR count). The molecule has 2 aliphatic heterocycles. The number of carbonyl (C=O) groups excluding carboxylic acids is 1. The number of aromatic nitrogens is 3. The molecule has 23 heavy (non-hydrogen) atoms. The maximum atomic E-state index is 13.9. The molecule has 1 N–H and O–H groups in total. The first kappa shape index (κ1) is 14.4. The van der Waals surface area contributed by atoms with E-state index >= 15 is 0 Å². The minimum Gasteiger partial charge on any atom is -0.331 e. The van der Waals surface area contributed by atoms with Gasteiger partial charge >= 0.3 is 0 Å². The van der Waals surface area contributed by atoms with Crippen molar-refractivity contribution >= 4 is 5.91 Å². The zero-order valence-corrected chi connectivity index (χ0v) is 13.1. The normalized spacial score (nSPS) is 23.3. The molecule has 0 spiro atoms. The first-order valence-corrected chi connectivity index (χ1v) is 8.14. The van der Waals surface area contributed by atoms with Gasteiger partial charge in [-0.05, 0) is 51.2 Å². The molecule has 2 aromatic heterocycles. The summed E-state index contributed by atoms with van der Waals surface area (Å²) >= 11 is 0. The third-order valence-electron chi connectivity index (χ3n) is 5.01. The number of halogens is 1. The maximum Gasteiger partial charge on any atom is 0.274 e. The maximum absolute atomic E-state index is 13.9. The van der Waals surface area contributed by atoms with Gasteiger partial charge in [0.15, 0.2) is 11.5 Å². The number of pyridine rings is 1. The summed E-state index contributed by atoms with van der Waals surface area (Å²) in [5.74, 6) is -0.456. The van der Waals surface area contributed by atoms with E-state index in [2.05, 4.69) is 15.2 Å². The molecule has 1 unspecified atom stereocenters. The second-order valence-electron chi connectivity index (χ2n) is 6.50. The summed E-state index contributed by atoms with van der Waals surface area (Å²) in [6.07, 6.45) is 6.73. The highest BCUT2D eigenvalue weighted by molar-refractivity contribution is 5.94. The summed E-state index contributed by atoms with van der Waals surface area (Å²) < 4.78 is 13.9. The molecule has 2 fully saturated rings. The van der Waals surface area contributed by atoms with Gasteiger partial charge in [0.05, 0.1) is 11.9 Å². The Morgan fingerprint density at radius 1 is 1.26 bits per heavy atom. The van der Waals surface area contributed by atoms with Crippen LogP contribution in [0.25, 0.3) is 11.3 Å². The minimum atomic E-state index is -0.420. The number of hydrogen-bond donors (Lipinski definition) is 1. The number of hydrogen-bond acceptors (Lipinski definition) is 3. The number of amides is 1. The number of piperidine rings is 1. The molecule has 0 aromatic carbocycles. The smallest absolute Gasteiger partial charge is 0.274 e. The van der Waals surface area contributed by atoms with Crippen molar-refractivity contribution in [2.45, 2.75) is 51.1 Å². The van der Waals surface area contributed by atoms with Crippen LogP contribution in [0.5, 0.6) is 0 Å². The van der Waals surface area contributed by atoms with Gasteiger partial charge < -0.3 is 4.90 Å². The van der Waals surface area contributed by atoms with E-state index in [1.165, 1.54) is 12.6 Å². The molecular formula is C17H19FN4O. The lowest BCUT2D eigenvalue weighted by Crippen LogP contribution is -2.44. The molecule has 0 aliphatic carbocycles. The number of carbonyl (C=O) groups is 1. The van der Waals surface area contributed by atoms with Crippen molar-refractivity contribution in [1.29, 1.82) is 0 Å². The van der Waals surface area contributed by atoms with E-state index in [0.29, 0.717) is 29.0 Å². The van der Waals surface area contributed by atoms with Gasteiger partial charge in [-0.25, -0.2) is 4.39 Å². The molecule has 2 bridgehead atoms. The highest BCUT2D eigenvalue weighted by Gasteiger charge is 2.40. The Morgan fingerprint density at radius 3 is 2.74 bits per heavy atom. The number of aromatic amines is 1. The molecule has 2 aromatic rings. The van der Waals surface area contributed by atoms with Gasteiger partial charge in [0.1, 0.15) is 0 Å². The lowest BCUT2D eigenvalue weighted by Gasteiger charge is -2.34. The SMILES string of the molecule is Cc1cc(-c2cc(C(=O)N3C4CCC[C@@H]3CC4)n[nH]2)c(F)cn1. The van der Waals surface area contributed by atoms with Gasteiger partial charge in [-0.15, -0.1) is 0 Å². The molecule has 6 heteroatoms. The van der Waals surface area contributed by atoms with E-state index < -0.39 is 5.82 Å². The van der Waals surface area contributed by atoms with Crippen LogP contribution in [0.3, 0.4) is 0 Å². The van der Waals surface area contributed by atoms with Gasteiger partial charge in [-0.3, -0.25) is 14.9 Å². The van der Waals surface area contributed by atoms with Crippen LogP contribution in [0.2, 0.25) is 0 Å².